The molecular weight excluding hydrogens is 290 g/mol. The van der Waals surface area contributed by atoms with Crippen molar-refractivity contribution in [2.24, 2.45) is 5.73 Å². The second-order valence-corrected chi connectivity index (χ2v) is 6.38. The van der Waals surface area contributed by atoms with E-state index in [1.165, 1.54) is 4.31 Å². The second kappa shape index (κ2) is 6.91. The van der Waals surface area contributed by atoms with Gasteiger partial charge in [0.15, 0.2) is 0 Å². The van der Waals surface area contributed by atoms with E-state index in [4.69, 9.17) is 10.5 Å². The first-order chi connectivity index (χ1) is 10.0. The zero-order chi connectivity index (χ0) is 15.3. The highest BCUT2D eigenvalue weighted by Gasteiger charge is 2.24. The van der Waals surface area contributed by atoms with Gasteiger partial charge in [0.2, 0.25) is 0 Å². The number of rotatable bonds is 3. The van der Waals surface area contributed by atoms with Crippen molar-refractivity contribution in [1.29, 1.82) is 0 Å². The van der Waals surface area contributed by atoms with Crippen LogP contribution in [0, 0.1) is 18.8 Å². The Morgan fingerprint density at radius 2 is 2.05 bits per heavy atom. The molecule has 0 spiro atoms. The summed E-state index contributed by atoms with van der Waals surface area (Å²) >= 11 is 0. The number of morpholine rings is 1. The Morgan fingerprint density at radius 1 is 1.33 bits per heavy atom. The molecule has 2 rings (SSSR count). The summed E-state index contributed by atoms with van der Waals surface area (Å²) in [6, 6.07) is 5.36. The van der Waals surface area contributed by atoms with Crippen molar-refractivity contribution in [2.45, 2.75) is 6.92 Å². The molecule has 1 aliphatic heterocycles. The van der Waals surface area contributed by atoms with Gasteiger partial charge >= 0.3 is 10.2 Å². The summed E-state index contributed by atoms with van der Waals surface area (Å²) in [6.45, 7) is 3.72. The van der Waals surface area contributed by atoms with Crippen molar-refractivity contribution in [3.8, 4) is 11.8 Å². The largest absolute Gasteiger partial charge is 0.379 e. The highest BCUT2D eigenvalue weighted by Crippen LogP contribution is 2.17. The zero-order valence-corrected chi connectivity index (χ0v) is 12.7. The predicted molar refractivity (Wildman–Crippen MR) is 82.0 cm³/mol. The Morgan fingerprint density at radius 3 is 2.71 bits per heavy atom. The summed E-state index contributed by atoms with van der Waals surface area (Å²) in [7, 11) is -3.56. The van der Waals surface area contributed by atoms with Crippen molar-refractivity contribution in [2.75, 3.05) is 37.6 Å². The molecule has 1 aromatic carbocycles. The zero-order valence-electron chi connectivity index (χ0n) is 11.9. The fourth-order valence-corrected chi connectivity index (χ4v) is 3.24. The molecule has 114 valence electrons. The molecule has 1 aliphatic rings. The summed E-state index contributed by atoms with van der Waals surface area (Å²) in [5.74, 6) is 5.67. The summed E-state index contributed by atoms with van der Waals surface area (Å²) in [5.41, 5.74) is 7.52. The first-order valence-corrected chi connectivity index (χ1v) is 8.11. The van der Waals surface area contributed by atoms with Crippen LogP contribution in [0.2, 0.25) is 0 Å². The van der Waals surface area contributed by atoms with Crippen LogP contribution in [-0.4, -0.2) is 45.6 Å². The average Bonchev–Trinajstić information content (AvgIpc) is 2.45. The van der Waals surface area contributed by atoms with E-state index in [0.29, 0.717) is 32.0 Å². The molecule has 3 N–H and O–H groups in total. The number of nitrogens with zero attached hydrogens (tertiary/aromatic N) is 1. The summed E-state index contributed by atoms with van der Waals surface area (Å²) in [5, 5.41) is 0. The van der Waals surface area contributed by atoms with E-state index in [2.05, 4.69) is 16.6 Å². The van der Waals surface area contributed by atoms with Gasteiger partial charge in [0.25, 0.3) is 0 Å². The van der Waals surface area contributed by atoms with Crippen molar-refractivity contribution in [3.63, 3.8) is 0 Å². The molecule has 0 atom stereocenters. The van der Waals surface area contributed by atoms with Crippen molar-refractivity contribution >= 4 is 15.9 Å². The molecule has 0 radical (unpaired) electrons. The third kappa shape index (κ3) is 4.44. The first kappa shape index (κ1) is 15.8. The molecule has 21 heavy (non-hydrogen) atoms. The normalized spacial score (nSPS) is 16.1. The topological polar surface area (TPSA) is 84.7 Å². The van der Waals surface area contributed by atoms with Gasteiger partial charge in [0, 0.05) is 18.7 Å². The Labute approximate surface area is 125 Å². The number of ether oxygens (including phenoxy) is 1. The van der Waals surface area contributed by atoms with Crippen LogP contribution >= 0.6 is 0 Å². The van der Waals surface area contributed by atoms with E-state index in [1.54, 1.807) is 12.1 Å². The van der Waals surface area contributed by atoms with Crippen LogP contribution in [0.15, 0.2) is 18.2 Å². The summed E-state index contributed by atoms with van der Waals surface area (Å²) < 4.78 is 33.7. The number of nitrogens with one attached hydrogen (secondary N) is 1. The summed E-state index contributed by atoms with van der Waals surface area (Å²) in [6.07, 6.45) is 0. The van der Waals surface area contributed by atoms with Gasteiger partial charge < -0.3 is 10.5 Å². The fraction of sp³-hybridized carbons (Fsp3) is 0.429. The van der Waals surface area contributed by atoms with Crippen LogP contribution in [0.4, 0.5) is 5.69 Å². The molecule has 0 aromatic heterocycles. The SMILES string of the molecule is Cc1cc(C#CCN)cc(NS(=O)(=O)N2CCOCC2)c1. The van der Waals surface area contributed by atoms with Crippen molar-refractivity contribution in [1.82, 2.24) is 4.31 Å². The smallest absolute Gasteiger partial charge is 0.301 e. The molecule has 0 saturated carbocycles. The standard InChI is InChI=1S/C14H19N3O3S/c1-12-9-13(3-2-4-15)11-14(10-12)16-21(18,19)17-5-7-20-8-6-17/h9-11,16H,4-8,15H2,1H3. The van der Waals surface area contributed by atoms with Crippen LogP contribution in [-0.2, 0) is 14.9 Å². The van der Waals surface area contributed by atoms with E-state index in [0.717, 1.165) is 11.1 Å². The van der Waals surface area contributed by atoms with Crippen molar-refractivity contribution < 1.29 is 13.2 Å². The Kier molecular flexibility index (Phi) is 5.20. The highest BCUT2D eigenvalue weighted by molar-refractivity contribution is 7.90. The lowest BCUT2D eigenvalue weighted by molar-refractivity contribution is 0.0733. The minimum Gasteiger partial charge on any atom is -0.379 e. The number of anilines is 1. The highest BCUT2D eigenvalue weighted by atomic mass is 32.2. The lowest BCUT2D eigenvalue weighted by Crippen LogP contribution is -2.43. The van der Waals surface area contributed by atoms with Gasteiger partial charge in [-0.1, -0.05) is 11.8 Å². The van der Waals surface area contributed by atoms with Crippen LogP contribution in [0.3, 0.4) is 0 Å². The molecule has 0 bridgehead atoms. The van der Waals surface area contributed by atoms with Crippen LogP contribution < -0.4 is 10.5 Å². The molecular formula is C14H19N3O3S. The van der Waals surface area contributed by atoms with E-state index < -0.39 is 10.2 Å². The molecule has 1 fully saturated rings. The lowest BCUT2D eigenvalue weighted by atomic mass is 10.1. The first-order valence-electron chi connectivity index (χ1n) is 6.67. The lowest BCUT2D eigenvalue weighted by Gasteiger charge is -2.26. The molecule has 6 nitrogen and oxygen atoms in total. The van der Waals surface area contributed by atoms with E-state index >= 15 is 0 Å². The van der Waals surface area contributed by atoms with Crippen LogP contribution in [0.1, 0.15) is 11.1 Å². The van der Waals surface area contributed by atoms with Gasteiger partial charge in [-0.2, -0.15) is 12.7 Å². The number of hydrogen-bond acceptors (Lipinski definition) is 4. The van der Waals surface area contributed by atoms with E-state index in [-0.39, 0.29) is 6.54 Å². The maximum absolute atomic E-state index is 12.3. The molecule has 7 heteroatoms. The number of benzene rings is 1. The molecule has 0 aliphatic carbocycles. The number of hydrogen-bond donors (Lipinski definition) is 2. The Bertz CT molecular complexity index is 656. The molecule has 0 unspecified atom stereocenters. The quantitative estimate of drug-likeness (QED) is 0.786. The Hall–Kier alpha value is -1.59. The summed E-state index contributed by atoms with van der Waals surface area (Å²) in [4.78, 5) is 0. The minimum absolute atomic E-state index is 0.267. The van der Waals surface area contributed by atoms with Gasteiger partial charge in [0.05, 0.1) is 25.4 Å². The van der Waals surface area contributed by atoms with Crippen LogP contribution in [0.25, 0.3) is 0 Å². The minimum atomic E-state index is -3.56. The number of aryl methyl sites for hydroxylation is 1. The molecule has 1 heterocycles. The van der Waals surface area contributed by atoms with E-state index in [1.807, 2.05) is 13.0 Å². The maximum Gasteiger partial charge on any atom is 0.301 e. The third-order valence-electron chi connectivity index (χ3n) is 2.97. The second-order valence-electron chi connectivity index (χ2n) is 4.71. The third-order valence-corrected chi connectivity index (χ3v) is 4.51. The monoisotopic (exact) mass is 309 g/mol. The van der Waals surface area contributed by atoms with Gasteiger partial charge in [-0.3, -0.25) is 4.72 Å². The Balaban J connectivity index is 2.20. The molecule has 1 saturated heterocycles. The van der Waals surface area contributed by atoms with Gasteiger partial charge in [-0.05, 0) is 30.7 Å². The molecule has 1 aromatic rings. The van der Waals surface area contributed by atoms with Crippen molar-refractivity contribution in [3.05, 3.63) is 29.3 Å². The average molecular weight is 309 g/mol. The van der Waals surface area contributed by atoms with Gasteiger partial charge in [-0.25, -0.2) is 0 Å². The molecule has 0 amide bonds. The van der Waals surface area contributed by atoms with Crippen LogP contribution in [0.5, 0.6) is 0 Å². The fourth-order valence-electron chi connectivity index (χ4n) is 2.07. The number of nitrogens with two attached hydrogens (primary N) is 1. The van der Waals surface area contributed by atoms with Gasteiger partial charge in [0.1, 0.15) is 0 Å². The van der Waals surface area contributed by atoms with Gasteiger partial charge in [-0.15, -0.1) is 0 Å². The predicted octanol–water partition coefficient (Wildman–Crippen LogP) is 0.294. The maximum atomic E-state index is 12.3. The van der Waals surface area contributed by atoms with E-state index in [9.17, 15) is 8.42 Å².